The Balaban J connectivity index is 1.36. The summed E-state index contributed by atoms with van der Waals surface area (Å²) in [5.41, 5.74) is 9.25. The second-order valence-corrected chi connectivity index (χ2v) is 11.7. The molecule has 37 heavy (non-hydrogen) atoms. The number of carbonyl (C=O) groups is 2. The van der Waals surface area contributed by atoms with Crippen molar-refractivity contribution in [1.82, 2.24) is 19.8 Å². The van der Waals surface area contributed by atoms with Gasteiger partial charge >= 0.3 is 11.8 Å². The Morgan fingerprint density at radius 1 is 1.16 bits per heavy atom. The molecule has 0 aliphatic carbocycles. The van der Waals surface area contributed by atoms with Crippen molar-refractivity contribution in [3.63, 3.8) is 0 Å². The first-order valence-corrected chi connectivity index (χ1v) is 14.1. The highest BCUT2D eigenvalue weighted by Gasteiger charge is 2.34. The van der Waals surface area contributed by atoms with E-state index in [1.807, 2.05) is 6.92 Å². The molecule has 2 amide bonds. The van der Waals surface area contributed by atoms with Crippen LogP contribution in [0.25, 0.3) is 10.2 Å². The molecule has 8 nitrogen and oxygen atoms in total. The van der Waals surface area contributed by atoms with Gasteiger partial charge in [0.25, 0.3) is 0 Å². The number of fused-ring (bicyclic) bond motifs is 1. The minimum Gasteiger partial charge on any atom is -0.383 e. The maximum atomic E-state index is 13.4. The van der Waals surface area contributed by atoms with Gasteiger partial charge in [0.05, 0.1) is 33.2 Å². The fraction of sp³-hybridized carbons (Fsp3) is 0.500. The van der Waals surface area contributed by atoms with E-state index in [2.05, 4.69) is 47.4 Å². The molecule has 2 saturated heterocycles. The van der Waals surface area contributed by atoms with Crippen molar-refractivity contribution in [2.75, 3.05) is 37.7 Å². The van der Waals surface area contributed by atoms with Gasteiger partial charge in [-0.1, -0.05) is 19.9 Å². The van der Waals surface area contributed by atoms with Gasteiger partial charge in [0, 0.05) is 12.5 Å². The summed E-state index contributed by atoms with van der Waals surface area (Å²) < 4.78 is 1.18. The number of hydrogen-bond donors (Lipinski definition) is 2. The van der Waals surface area contributed by atoms with Crippen LogP contribution in [0.3, 0.4) is 0 Å². The van der Waals surface area contributed by atoms with E-state index in [9.17, 15) is 9.59 Å². The van der Waals surface area contributed by atoms with Crippen LogP contribution >= 0.6 is 11.3 Å². The molecule has 0 radical (unpaired) electrons. The Bertz CT molecular complexity index is 1300. The van der Waals surface area contributed by atoms with Gasteiger partial charge in [0.15, 0.2) is 0 Å². The van der Waals surface area contributed by atoms with Crippen molar-refractivity contribution >= 4 is 44.9 Å². The summed E-state index contributed by atoms with van der Waals surface area (Å²) in [6, 6.07) is 7.99. The molecular formula is C28H36N6O2S. The van der Waals surface area contributed by atoms with Gasteiger partial charge < -0.3 is 20.9 Å². The summed E-state index contributed by atoms with van der Waals surface area (Å²) in [6.07, 6.45) is 6.30. The number of hydrogen-bond acceptors (Lipinski definition) is 7. The average molecular weight is 521 g/mol. The lowest BCUT2D eigenvalue weighted by molar-refractivity contribution is -0.146. The monoisotopic (exact) mass is 520 g/mol. The summed E-state index contributed by atoms with van der Waals surface area (Å²) in [5.74, 6) is 0.124. The number of pyridine rings is 1. The maximum Gasteiger partial charge on any atom is 0.313 e. The number of benzene rings is 1. The molecule has 0 spiro atoms. The normalized spacial score (nSPS) is 21.3. The molecule has 2 aliphatic rings. The summed E-state index contributed by atoms with van der Waals surface area (Å²) in [5, 5.41) is 3.95. The number of nitrogen functional groups attached to an aromatic ring is 1. The summed E-state index contributed by atoms with van der Waals surface area (Å²) in [6.45, 7) is 6.87. The summed E-state index contributed by atoms with van der Waals surface area (Å²) in [7, 11) is 2.17. The highest BCUT2D eigenvalue weighted by atomic mass is 32.1. The van der Waals surface area contributed by atoms with Gasteiger partial charge in [-0.05, 0) is 87.5 Å². The number of nitrogens with one attached hydrogen (secondary N) is 1. The van der Waals surface area contributed by atoms with Gasteiger partial charge in [-0.3, -0.25) is 9.59 Å². The molecule has 2 atom stereocenters. The first-order chi connectivity index (χ1) is 17.8. The van der Waals surface area contributed by atoms with Crippen LogP contribution in [-0.4, -0.2) is 58.3 Å². The van der Waals surface area contributed by atoms with E-state index in [-0.39, 0.29) is 6.04 Å². The molecule has 196 valence electrons. The van der Waals surface area contributed by atoms with Crippen LogP contribution in [0.15, 0.2) is 30.5 Å². The van der Waals surface area contributed by atoms with E-state index >= 15 is 0 Å². The first-order valence-electron chi connectivity index (χ1n) is 13.3. The number of piperidine rings is 2. The standard InChI is InChI=1S/C28H36N6O2S/c1-4-18-13-21(15-30-25(18)29)31-26(35)28(36)34-16-17(2)5-7-23(34)20-6-8-24-22(14-20)32-27(37-24)19-9-11-33(3)12-10-19/h6,8,13-15,17,19,23H,4-5,7,9-12,16H2,1-3H3,(H2,29,30)(H,31,35). The third-order valence-corrected chi connectivity index (χ3v) is 8.99. The quantitative estimate of drug-likeness (QED) is 0.488. The molecule has 2 unspecified atom stereocenters. The van der Waals surface area contributed by atoms with Crippen molar-refractivity contribution in [3.8, 4) is 0 Å². The van der Waals surface area contributed by atoms with E-state index < -0.39 is 11.8 Å². The molecule has 3 N–H and O–H groups in total. The predicted molar refractivity (Wildman–Crippen MR) is 149 cm³/mol. The second kappa shape index (κ2) is 10.8. The Morgan fingerprint density at radius 3 is 2.70 bits per heavy atom. The summed E-state index contributed by atoms with van der Waals surface area (Å²) >= 11 is 1.79. The van der Waals surface area contributed by atoms with Crippen LogP contribution in [0.2, 0.25) is 0 Å². The smallest absolute Gasteiger partial charge is 0.313 e. The number of nitrogens with two attached hydrogens (primary N) is 1. The Kier molecular flexibility index (Phi) is 7.44. The predicted octanol–water partition coefficient (Wildman–Crippen LogP) is 4.58. The topological polar surface area (TPSA) is 104 Å². The number of nitrogens with zero attached hydrogens (tertiary/aromatic N) is 4. The van der Waals surface area contributed by atoms with Crippen LogP contribution in [0.4, 0.5) is 11.5 Å². The first kappa shape index (κ1) is 25.6. The van der Waals surface area contributed by atoms with Crippen molar-refractivity contribution < 1.29 is 9.59 Å². The number of aryl methyl sites for hydroxylation is 1. The molecule has 0 bridgehead atoms. The molecule has 2 aromatic heterocycles. The second-order valence-electron chi connectivity index (χ2n) is 10.6. The molecule has 5 rings (SSSR count). The number of aromatic nitrogens is 2. The largest absolute Gasteiger partial charge is 0.383 e. The average Bonchev–Trinajstić information content (AvgIpc) is 3.33. The SMILES string of the molecule is CCc1cc(NC(=O)C(=O)N2CC(C)CCC2c2ccc3sc(C4CCN(C)CC4)nc3c2)cnc1N. The molecular weight excluding hydrogens is 484 g/mol. The van der Waals surface area contributed by atoms with Crippen LogP contribution < -0.4 is 11.1 Å². The van der Waals surface area contributed by atoms with Crippen molar-refractivity contribution in [3.05, 3.63) is 46.6 Å². The Labute approximate surface area is 222 Å². The zero-order valence-electron chi connectivity index (χ0n) is 21.9. The molecule has 3 aromatic rings. The van der Waals surface area contributed by atoms with Gasteiger partial charge in [-0.25, -0.2) is 9.97 Å². The lowest BCUT2D eigenvalue weighted by Gasteiger charge is -2.38. The van der Waals surface area contributed by atoms with E-state index in [1.54, 1.807) is 22.3 Å². The minimum absolute atomic E-state index is 0.150. The molecule has 2 fully saturated rings. The fourth-order valence-corrected chi connectivity index (χ4v) is 6.63. The van der Waals surface area contributed by atoms with Crippen LogP contribution in [0.1, 0.15) is 67.6 Å². The van der Waals surface area contributed by atoms with Gasteiger partial charge in [-0.2, -0.15) is 0 Å². The fourth-order valence-electron chi connectivity index (χ4n) is 5.51. The van der Waals surface area contributed by atoms with Crippen LogP contribution in [0, 0.1) is 5.92 Å². The lowest BCUT2D eigenvalue weighted by Crippen LogP contribution is -2.46. The number of rotatable bonds is 4. The van der Waals surface area contributed by atoms with Crippen LogP contribution in [-0.2, 0) is 16.0 Å². The lowest BCUT2D eigenvalue weighted by atomic mass is 9.89. The van der Waals surface area contributed by atoms with Crippen LogP contribution in [0.5, 0.6) is 0 Å². The van der Waals surface area contributed by atoms with E-state index in [0.717, 1.165) is 55.4 Å². The van der Waals surface area contributed by atoms with Gasteiger partial charge in [-0.15, -0.1) is 11.3 Å². The molecule has 4 heterocycles. The Hall–Kier alpha value is -3.04. The number of likely N-dealkylation sites (tertiary alicyclic amines) is 2. The van der Waals surface area contributed by atoms with Crippen molar-refractivity contribution in [2.45, 2.75) is 57.9 Å². The Morgan fingerprint density at radius 2 is 1.95 bits per heavy atom. The molecule has 2 aliphatic heterocycles. The summed E-state index contributed by atoms with van der Waals surface area (Å²) in [4.78, 5) is 39.7. The maximum absolute atomic E-state index is 13.4. The highest BCUT2D eigenvalue weighted by Crippen LogP contribution is 2.38. The van der Waals surface area contributed by atoms with Gasteiger partial charge in [0.1, 0.15) is 5.82 Å². The number of anilines is 2. The minimum atomic E-state index is -0.646. The number of amides is 2. The molecule has 9 heteroatoms. The van der Waals surface area contributed by atoms with E-state index in [4.69, 9.17) is 10.7 Å². The molecule has 0 saturated carbocycles. The third kappa shape index (κ3) is 5.48. The zero-order chi connectivity index (χ0) is 26.1. The zero-order valence-corrected chi connectivity index (χ0v) is 22.7. The molecule has 1 aromatic carbocycles. The number of thiazole rings is 1. The van der Waals surface area contributed by atoms with Crippen molar-refractivity contribution in [1.29, 1.82) is 0 Å². The number of carbonyl (C=O) groups excluding carboxylic acids is 2. The van der Waals surface area contributed by atoms with E-state index in [1.165, 1.54) is 15.9 Å². The third-order valence-electron chi connectivity index (χ3n) is 7.79. The van der Waals surface area contributed by atoms with Crippen molar-refractivity contribution in [2.24, 2.45) is 5.92 Å². The van der Waals surface area contributed by atoms with Gasteiger partial charge in [0.2, 0.25) is 0 Å². The highest BCUT2D eigenvalue weighted by molar-refractivity contribution is 7.18. The van der Waals surface area contributed by atoms with E-state index in [0.29, 0.717) is 36.3 Å².